The maximum absolute atomic E-state index is 12.1. The maximum Gasteiger partial charge on any atom is 0.189 e. The van der Waals surface area contributed by atoms with E-state index in [2.05, 4.69) is 4.98 Å². The number of nitrogens with one attached hydrogen (secondary N) is 1. The number of H-pyrrole nitrogens is 1. The number of methoxy groups -OCH3 is 1. The molecule has 0 aliphatic carbocycles. The number of benzene rings is 1. The van der Waals surface area contributed by atoms with E-state index in [1.54, 1.807) is 19.2 Å². The Kier molecular flexibility index (Phi) is 3.13. The molecule has 2 aromatic rings. The first-order valence-corrected chi connectivity index (χ1v) is 6.22. The standard InChI is InChI=1S/C14H15NO4/c1-17-8-9-5-12(16)10-6-13-14(7-11(10)15-9)19-4-2-3-18-13/h5-7H,2-4,8H2,1H3,(H,15,16). The summed E-state index contributed by atoms with van der Waals surface area (Å²) in [5, 5.41) is 0.601. The van der Waals surface area contributed by atoms with E-state index in [4.69, 9.17) is 14.2 Å². The Bertz CT molecular complexity index is 662. The third-order valence-corrected chi connectivity index (χ3v) is 3.05. The van der Waals surface area contributed by atoms with Crippen LogP contribution in [0.2, 0.25) is 0 Å². The predicted octanol–water partition coefficient (Wildman–Crippen LogP) is 1.84. The zero-order valence-corrected chi connectivity index (χ0v) is 10.7. The highest BCUT2D eigenvalue weighted by atomic mass is 16.5. The van der Waals surface area contributed by atoms with Crippen molar-refractivity contribution in [1.29, 1.82) is 0 Å². The van der Waals surface area contributed by atoms with Gasteiger partial charge >= 0.3 is 0 Å². The second kappa shape index (κ2) is 4.93. The molecular weight excluding hydrogens is 246 g/mol. The van der Waals surface area contributed by atoms with Crippen molar-refractivity contribution in [2.75, 3.05) is 20.3 Å². The first kappa shape index (κ1) is 12.0. The van der Waals surface area contributed by atoms with Crippen molar-refractivity contribution in [3.63, 3.8) is 0 Å². The number of aromatic amines is 1. The van der Waals surface area contributed by atoms with Crippen LogP contribution in [0, 0.1) is 0 Å². The summed E-state index contributed by atoms with van der Waals surface area (Å²) in [5.74, 6) is 1.31. The molecule has 1 N–H and O–H groups in total. The van der Waals surface area contributed by atoms with Crippen LogP contribution >= 0.6 is 0 Å². The highest BCUT2D eigenvalue weighted by Gasteiger charge is 2.13. The van der Waals surface area contributed by atoms with E-state index in [9.17, 15) is 4.79 Å². The lowest BCUT2D eigenvalue weighted by Crippen LogP contribution is -2.06. The summed E-state index contributed by atoms with van der Waals surface area (Å²) in [6, 6.07) is 5.11. The van der Waals surface area contributed by atoms with Gasteiger partial charge in [0.2, 0.25) is 0 Å². The van der Waals surface area contributed by atoms with E-state index in [0.29, 0.717) is 36.7 Å². The van der Waals surface area contributed by atoms with Crippen LogP contribution in [-0.4, -0.2) is 25.3 Å². The molecule has 1 aliphatic rings. The number of rotatable bonds is 2. The molecule has 0 fully saturated rings. The lowest BCUT2D eigenvalue weighted by molar-refractivity contribution is 0.181. The molecular formula is C14H15NO4. The third-order valence-electron chi connectivity index (χ3n) is 3.05. The minimum atomic E-state index is -0.0450. The van der Waals surface area contributed by atoms with Crippen molar-refractivity contribution in [3.8, 4) is 11.5 Å². The summed E-state index contributed by atoms with van der Waals surface area (Å²) in [7, 11) is 1.59. The molecule has 1 aliphatic heterocycles. The zero-order chi connectivity index (χ0) is 13.2. The quantitative estimate of drug-likeness (QED) is 0.896. The summed E-state index contributed by atoms with van der Waals surface area (Å²) in [6.45, 7) is 1.61. The van der Waals surface area contributed by atoms with Gasteiger partial charge in [-0.05, 0) is 6.07 Å². The fraction of sp³-hybridized carbons (Fsp3) is 0.357. The Morgan fingerprint density at radius 2 is 1.95 bits per heavy atom. The molecule has 2 heterocycles. The van der Waals surface area contributed by atoms with Crippen molar-refractivity contribution in [2.24, 2.45) is 0 Å². The van der Waals surface area contributed by atoms with Crippen LogP contribution < -0.4 is 14.9 Å². The maximum atomic E-state index is 12.1. The highest BCUT2D eigenvalue weighted by molar-refractivity contribution is 5.82. The molecule has 1 aromatic heterocycles. The van der Waals surface area contributed by atoms with Gasteiger partial charge in [-0.3, -0.25) is 4.79 Å². The Balaban J connectivity index is 2.17. The van der Waals surface area contributed by atoms with Gasteiger partial charge in [0.1, 0.15) is 0 Å². The van der Waals surface area contributed by atoms with E-state index in [1.807, 2.05) is 6.07 Å². The topological polar surface area (TPSA) is 60.6 Å². The van der Waals surface area contributed by atoms with E-state index in [-0.39, 0.29) is 5.43 Å². The average Bonchev–Trinajstić information content (AvgIpc) is 2.62. The van der Waals surface area contributed by atoms with Gasteiger partial charge in [-0.1, -0.05) is 0 Å². The molecule has 0 radical (unpaired) electrons. The number of pyridine rings is 1. The molecule has 1 aromatic carbocycles. The SMILES string of the molecule is COCc1cc(=O)c2cc3c(cc2[nH]1)OCCCO3. The molecule has 19 heavy (non-hydrogen) atoms. The van der Waals surface area contributed by atoms with Crippen molar-refractivity contribution < 1.29 is 14.2 Å². The largest absolute Gasteiger partial charge is 0.490 e. The lowest BCUT2D eigenvalue weighted by atomic mass is 10.1. The van der Waals surface area contributed by atoms with Crippen LogP contribution in [0.25, 0.3) is 10.9 Å². The Morgan fingerprint density at radius 3 is 2.68 bits per heavy atom. The van der Waals surface area contributed by atoms with Gasteiger partial charge in [0.25, 0.3) is 0 Å². The highest BCUT2D eigenvalue weighted by Crippen LogP contribution is 2.32. The Hall–Kier alpha value is -2.01. The van der Waals surface area contributed by atoms with Crippen LogP contribution in [0.1, 0.15) is 12.1 Å². The molecule has 0 amide bonds. The van der Waals surface area contributed by atoms with E-state index < -0.39 is 0 Å². The summed E-state index contributed by atoms with van der Waals surface area (Å²) in [4.78, 5) is 15.3. The molecule has 0 atom stereocenters. The van der Waals surface area contributed by atoms with Crippen molar-refractivity contribution in [2.45, 2.75) is 13.0 Å². The predicted molar refractivity (Wildman–Crippen MR) is 70.9 cm³/mol. The van der Waals surface area contributed by atoms with Crippen LogP contribution in [0.4, 0.5) is 0 Å². The Morgan fingerprint density at radius 1 is 1.21 bits per heavy atom. The fourth-order valence-corrected chi connectivity index (χ4v) is 2.19. The first-order chi connectivity index (χ1) is 9.28. The lowest BCUT2D eigenvalue weighted by Gasteiger charge is -2.09. The number of fused-ring (bicyclic) bond motifs is 2. The Labute approximate surface area is 110 Å². The van der Waals surface area contributed by atoms with Crippen LogP contribution in [0.3, 0.4) is 0 Å². The van der Waals surface area contributed by atoms with Gasteiger partial charge in [0.05, 0.1) is 25.3 Å². The first-order valence-electron chi connectivity index (χ1n) is 6.22. The average molecular weight is 261 g/mol. The van der Waals surface area contributed by atoms with Gasteiger partial charge in [0, 0.05) is 36.7 Å². The summed E-state index contributed by atoms with van der Waals surface area (Å²) < 4.78 is 16.2. The molecule has 5 heteroatoms. The summed E-state index contributed by atoms with van der Waals surface area (Å²) in [5.41, 5.74) is 1.44. The summed E-state index contributed by atoms with van der Waals surface area (Å²) >= 11 is 0. The van der Waals surface area contributed by atoms with Crippen molar-refractivity contribution in [1.82, 2.24) is 4.98 Å². The summed E-state index contributed by atoms with van der Waals surface area (Å²) in [6.07, 6.45) is 0.841. The molecule has 5 nitrogen and oxygen atoms in total. The minimum Gasteiger partial charge on any atom is -0.490 e. The smallest absolute Gasteiger partial charge is 0.189 e. The van der Waals surface area contributed by atoms with Gasteiger partial charge < -0.3 is 19.2 Å². The van der Waals surface area contributed by atoms with Crippen LogP contribution in [-0.2, 0) is 11.3 Å². The molecule has 0 saturated heterocycles. The second-order valence-electron chi connectivity index (χ2n) is 4.49. The zero-order valence-electron chi connectivity index (χ0n) is 10.7. The van der Waals surface area contributed by atoms with Gasteiger partial charge in [-0.2, -0.15) is 0 Å². The van der Waals surface area contributed by atoms with E-state index >= 15 is 0 Å². The number of aromatic nitrogens is 1. The molecule has 0 saturated carbocycles. The number of ether oxygens (including phenoxy) is 3. The normalized spacial score (nSPS) is 14.4. The molecule has 0 spiro atoms. The van der Waals surface area contributed by atoms with E-state index in [1.165, 1.54) is 0 Å². The van der Waals surface area contributed by atoms with Crippen LogP contribution in [0.5, 0.6) is 11.5 Å². The second-order valence-corrected chi connectivity index (χ2v) is 4.49. The molecule has 100 valence electrons. The molecule has 0 bridgehead atoms. The van der Waals surface area contributed by atoms with Crippen LogP contribution in [0.15, 0.2) is 23.0 Å². The molecule has 0 unspecified atom stereocenters. The number of hydrogen-bond donors (Lipinski definition) is 1. The van der Waals surface area contributed by atoms with Gasteiger partial charge in [-0.15, -0.1) is 0 Å². The third kappa shape index (κ3) is 2.29. The fourth-order valence-electron chi connectivity index (χ4n) is 2.19. The van der Waals surface area contributed by atoms with E-state index in [0.717, 1.165) is 17.6 Å². The monoisotopic (exact) mass is 261 g/mol. The van der Waals surface area contributed by atoms with Gasteiger partial charge in [0.15, 0.2) is 16.9 Å². The van der Waals surface area contributed by atoms with Crippen molar-refractivity contribution in [3.05, 3.63) is 34.1 Å². The van der Waals surface area contributed by atoms with Crippen molar-refractivity contribution >= 4 is 10.9 Å². The number of hydrogen-bond acceptors (Lipinski definition) is 4. The molecule has 3 rings (SSSR count). The minimum absolute atomic E-state index is 0.0450. The van der Waals surface area contributed by atoms with Gasteiger partial charge in [-0.25, -0.2) is 0 Å².